The van der Waals surface area contributed by atoms with Crippen LogP contribution < -0.4 is 0 Å². The SMILES string of the molecule is COCCn1cnnc1CC(C)(C(=O)O)C(C)C. The van der Waals surface area contributed by atoms with Gasteiger partial charge in [-0.05, 0) is 12.8 Å². The molecule has 0 aliphatic heterocycles. The van der Waals surface area contributed by atoms with Gasteiger partial charge in [-0.1, -0.05) is 13.8 Å². The Morgan fingerprint density at radius 3 is 2.78 bits per heavy atom. The zero-order chi connectivity index (χ0) is 13.8. The molecular weight excluding hydrogens is 234 g/mol. The van der Waals surface area contributed by atoms with E-state index < -0.39 is 11.4 Å². The van der Waals surface area contributed by atoms with Crippen molar-refractivity contribution in [3.05, 3.63) is 12.2 Å². The minimum absolute atomic E-state index is 0.0163. The molecule has 1 rings (SSSR count). The molecule has 0 spiro atoms. The molecule has 1 atom stereocenters. The quantitative estimate of drug-likeness (QED) is 0.792. The lowest BCUT2D eigenvalue weighted by Crippen LogP contribution is -2.36. The average Bonchev–Trinajstić information content (AvgIpc) is 2.73. The minimum Gasteiger partial charge on any atom is -0.481 e. The summed E-state index contributed by atoms with van der Waals surface area (Å²) in [7, 11) is 1.62. The fourth-order valence-electron chi connectivity index (χ4n) is 1.65. The van der Waals surface area contributed by atoms with Crippen molar-refractivity contribution in [2.24, 2.45) is 11.3 Å². The first-order valence-electron chi connectivity index (χ1n) is 6.00. The molecule has 0 radical (unpaired) electrons. The van der Waals surface area contributed by atoms with Crippen LogP contribution in [0.4, 0.5) is 0 Å². The predicted octanol–water partition coefficient (Wildman–Crippen LogP) is 1.21. The molecule has 6 nitrogen and oxygen atoms in total. The second-order valence-corrected chi connectivity index (χ2v) is 4.99. The van der Waals surface area contributed by atoms with Crippen molar-refractivity contribution < 1.29 is 14.6 Å². The fraction of sp³-hybridized carbons (Fsp3) is 0.750. The van der Waals surface area contributed by atoms with Gasteiger partial charge in [0, 0.05) is 20.1 Å². The van der Waals surface area contributed by atoms with Crippen LogP contribution >= 0.6 is 0 Å². The summed E-state index contributed by atoms with van der Waals surface area (Å²) in [6.07, 6.45) is 1.97. The van der Waals surface area contributed by atoms with Gasteiger partial charge >= 0.3 is 5.97 Å². The number of hydrogen-bond donors (Lipinski definition) is 1. The van der Waals surface area contributed by atoms with Crippen LogP contribution in [-0.2, 0) is 22.5 Å². The summed E-state index contributed by atoms with van der Waals surface area (Å²) in [5.74, 6) is -0.105. The van der Waals surface area contributed by atoms with Crippen molar-refractivity contribution in [2.45, 2.75) is 33.7 Å². The lowest BCUT2D eigenvalue weighted by molar-refractivity contribution is -0.150. The predicted molar refractivity (Wildman–Crippen MR) is 66.2 cm³/mol. The molecule has 0 bridgehead atoms. The Balaban J connectivity index is 2.88. The van der Waals surface area contributed by atoms with E-state index in [0.717, 1.165) is 0 Å². The number of ether oxygens (including phenoxy) is 1. The molecule has 18 heavy (non-hydrogen) atoms. The molecule has 0 aromatic carbocycles. The Labute approximate surface area is 107 Å². The van der Waals surface area contributed by atoms with E-state index in [1.807, 2.05) is 18.4 Å². The maximum absolute atomic E-state index is 11.4. The summed E-state index contributed by atoms with van der Waals surface area (Å²) in [5, 5.41) is 17.2. The van der Waals surface area contributed by atoms with Gasteiger partial charge in [0.1, 0.15) is 12.2 Å². The summed E-state index contributed by atoms with van der Waals surface area (Å²) in [6.45, 7) is 6.74. The molecule has 0 saturated heterocycles. The highest BCUT2D eigenvalue weighted by Crippen LogP contribution is 2.31. The van der Waals surface area contributed by atoms with E-state index in [2.05, 4.69) is 10.2 Å². The summed E-state index contributed by atoms with van der Waals surface area (Å²) in [5.41, 5.74) is -0.835. The van der Waals surface area contributed by atoms with Crippen LogP contribution in [-0.4, -0.2) is 39.6 Å². The first-order chi connectivity index (χ1) is 8.41. The smallest absolute Gasteiger partial charge is 0.310 e. The molecule has 0 aliphatic rings. The van der Waals surface area contributed by atoms with Crippen molar-refractivity contribution in [3.8, 4) is 0 Å². The van der Waals surface area contributed by atoms with E-state index in [-0.39, 0.29) is 5.92 Å². The third-order valence-corrected chi connectivity index (χ3v) is 3.52. The van der Waals surface area contributed by atoms with Crippen LogP contribution in [0.2, 0.25) is 0 Å². The Bertz CT molecular complexity index is 403. The van der Waals surface area contributed by atoms with Crippen molar-refractivity contribution in [3.63, 3.8) is 0 Å². The fourth-order valence-corrected chi connectivity index (χ4v) is 1.65. The summed E-state index contributed by atoms with van der Waals surface area (Å²) < 4.78 is 6.84. The Kier molecular flexibility index (Phi) is 4.84. The molecule has 0 saturated carbocycles. The monoisotopic (exact) mass is 255 g/mol. The number of aromatic nitrogens is 3. The number of methoxy groups -OCH3 is 1. The number of carboxylic acid groups (broad SMARTS) is 1. The highest BCUT2D eigenvalue weighted by molar-refractivity contribution is 5.74. The highest BCUT2D eigenvalue weighted by atomic mass is 16.5. The minimum atomic E-state index is -0.835. The Hall–Kier alpha value is -1.43. The molecule has 0 fully saturated rings. The van der Waals surface area contributed by atoms with E-state index in [4.69, 9.17) is 4.74 Å². The van der Waals surface area contributed by atoms with Crippen molar-refractivity contribution in [1.82, 2.24) is 14.8 Å². The lowest BCUT2D eigenvalue weighted by Gasteiger charge is -2.28. The van der Waals surface area contributed by atoms with Gasteiger partial charge in [-0.3, -0.25) is 4.79 Å². The largest absolute Gasteiger partial charge is 0.481 e. The number of carbonyl (C=O) groups is 1. The molecular formula is C12H21N3O3. The van der Waals surface area contributed by atoms with Crippen LogP contribution in [0.3, 0.4) is 0 Å². The molecule has 102 valence electrons. The van der Waals surface area contributed by atoms with Gasteiger partial charge in [-0.25, -0.2) is 0 Å². The Morgan fingerprint density at radius 1 is 1.61 bits per heavy atom. The zero-order valence-electron chi connectivity index (χ0n) is 11.4. The van der Waals surface area contributed by atoms with E-state index in [1.54, 1.807) is 20.4 Å². The van der Waals surface area contributed by atoms with Gasteiger partial charge in [0.15, 0.2) is 0 Å². The molecule has 1 aromatic heterocycles. The molecule has 1 aromatic rings. The normalized spacial score (nSPS) is 14.7. The molecule has 1 unspecified atom stereocenters. The molecule has 0 amide bonds. The van der Waals surface area contributed by atoms with Gasteiger partial charge in [0.2, 0.25) is 0 Å². The number of carboxylic acids is 1. The van der Waals surface area contributed by atoms with E-state index in [0.29, 0.717) is 25.4 Å². The lowest BCUT2D eigenvalue weighted by atomic mass is 9.76. The maximum Gasteiger partial charge on any atom is 0.310 e. The third-order valence-electron chi connectivity index (χ3n) is 3.52. The van der Waals surface area contributed by atoms with Crippen LogP contribution in [0.15, 0.2) is 6.33 Å². The van der Waals surface area contributed by atoms with Crippen LogP contribution in [0, 0.1) is 11.3 Å². The van der Waals surface area contributed by atoms with Crippen molar-refractivity contribution in [2.75, 3.05) is 13.7 Å². The van der Waals surface area contributed by atoms with Crippen molar-refractivity contribution >= 4 is 5.97 Å². The van der Waals surface area contributed by atoms with E-state index in [9.17, 15) is 9.90 Å². The molecule has 1 N–H and O–H groups in total. The molecule has 6 heteroatoms. The van der Waals surface area contributed by atoms with Crippen LogP contribution in [0.25, 0.3) is 0 Å². The van der Waals surface area contributed by atoms with Gasteiger partial charge in [0.05, 0.1) is 12.0 Å². The van der Waals surface area contributed by atoms with E-state index >= 15 is 0 Å². The van der Waals surface area contributed by atoms with Gasteiger partial charge in [-0.15, -0.1) is 10.2 Å². The number of rotatable bonds is 7. The number of hydrogen-bond acceptors (Lipinski definition) is 4. The van der Waals surface area contributed by atoms with Crippen molar-refractivity contribution in [1.29, 1.82) is 0 Å². The first-order valence-corrected chi connectivity index (χ1v) is 6.00. The third kappa shape index (κ3) is 3.07. The topological polar surface area (TPSA) is 77.2 Å². The second-order valence-electron chi connectivity index (χ2n) is 4.99. The maximum atomic E-state index is 11.4. The molecule has 0 aliphatic carbocycles. The van der Waals surface area contributed by atoms with Crippen LogP contribution in [0.1, 0.15) is 26.6 Å². The van der Waals surface area contributed by atoms with Gasteiger partial charge in [0.25, 0.3) is 0 Å². The highest BCUT2D eigenvalue weighted by Gasteiger charge is 2.38. The standard InChI is InChI=1S/C12H21N3O3/c1-9(2)12(3,11(16)17)7-10-14-13-8-15(10)5-6-18-4/h8-9H,5-7H2,1-4H3,(H,16,17). The zero-order valence-corrected chi connectivity index (χ0v) is 11.4. The van der Waals surface area contributed by atoms with E-state index in [1.165, 1.54) is 0 Å². The number of aliphatic carboxylic acids is 1. The van der Waals surface area contributed by atoms with Crippen LogP contribution in [0.5, 0.6) is 0 Å². The summed E-state index contributed by atoms with van der Waals surface area (Å²) >= 11 is 0. The second kappa shape index (κ2) is 5.95. The van der Waals surface area contributed by atoms with Gasteiger partial charge < -0.3 is 14.4 Å². The van der Waals surface area contributed by atoms with Gasteiger partial charge in [-0.2, -0.15) is 0 Å². The average molecular weight is 255 g/mol. The first kappa shape index (κ1) is 14.6. The number of nitrogens with zero attached hydrogens (tertiary/aromatic N) is 3. The molecule has 1 heterocycles. The summed E-state index contributed by atoms with van der Waals surface area (Å²) in [4.78, 5) is 11.4. The summed E-state index contributed by atoms with van der Waals surface area (Å²) in [6, 6.07) is 0. The Morgan fingerprint density at radius 2 is 2.28 bits per heavy atom.